The number of hydrogen-bond donors (Lipinski definition) is 0. The zero-order valence-corrected chi connectivity index (χ0v) is 33.6. The number of hydrogen-bond acceptors (Lipinski definition) is 11. The topological polar surface area (TPSA) is 187 Å². The van der Waals surface area contributed by atoms with Crippen molar-refractivity contribution in [2.45, 2.75) is 79.5 Å². The molecule has 0 aromatic heterocycles. The minimum absolute atomic E-state index is 0.112. The second-order valence-corrected chi connectivity index (χ2v) is 12.6. The van der Waals surface area contributed by atoms with Crippen molar-refractivity contribution in [1.82, 2.24) is 0 Å². The lowest BCUT2D eigenvalue weighted by Gasteiger charge is -2.43. The van der Waals surface area contributed by atoms with Crippen molar-refractivity contribution >= 4 is 91.1 Å². The first-order valence-electron chi connectivity index (χ1n) is 13.8. The normalized spacial score (nSPS) is 29.3. The molecule has 2 saturated heterocycles. The third-order valence-corrected chi connectivity index (χ3v) is 8.77. The van der Waals surface area contributed by atoms with Crippen molar-refractivity contribution in [2.24, 2.45) is 22.1 Å². The lowest BCUT2D eigenvalue weighted by atomic mass is 9.89. The van der Waals surface area contributed by atoms with Gasteiger partial charge >= 0.3 is 11.9 Å². The zero-order valence-electron chi connectivity index (χ0n) is 26.5. The van der Waals surface area contributed by atoms with Gasteiger partial charge in [0.1, 0.15) is 35.9 Å². The Morgan fingerprint density at radius 3 is 1.70 bits per heavy atom. The zero-order chi connectivity index (χ0) is 35.9. The second-order valence-electron chi connectivity index (χ2n) is 9.72. The van der Waals surface area contributed by atoms with Crippen LogP contribution in [0.4, 0.5) is 0 Å². The molecule has 0 radical (unpaired) electrons. The first-order valence-corrected chi connectivity index (χ1v) is 20.4. The van der Waals surface area contributed by atoms with Gasteiger partial charge in [-0.15, -0.1) is 23.2 Å². The molecule has 0 N–H and O–H groups in total. The van der Waals surface area contributed by atoms with Gasteiger partial charge in [0.25, 0.3) is 0 Å². The van der Waals surface area contributed by atoms with Gasteiger partial charge in [-0.1, -0.05) is 70.0 Å². The summed E-state index contributed by atoms with van der Waals surface area (Å²) in [6, 6.07) is 8.99. The summed E-state index contributed by atoms with van der Waals surface area (Å²) in [5.41, 5.74) is 17.1. The number of azide groups is 2. The van der Waals surface area contributed by atoms with Gasteiger partial charge in [-0.2, -0.15) is 0 Å². The summed E-state index contributed by atoms with van der Waals surface area (Å²) in [5, 5.41) is 7.44. The van der Waals surface area contributed by atoms with Gasteiger partial charge in [-0.25, -0.2) is 0 Å². The number of methoxy groups -OCH3 is 2. The third kappa shape index (κ3) is 16.5. The molecule has 14 nitrogen and oxygen atoms in total. The summed E-state index contributed by atoms with van der Waals surface area (Å²) in [6.07, 6.45) is -1.46. The van der Waals surface area contributed by atoms with Gasteiger partial charge in [-0.3, -0.25) is 9.59 Å². The van der Waals surface area contributed by atoms with Gasteiger partial charge in [0.05, 0.1) is 29.6 Å². The summed E-state index contributed by atoms with van der Waals surface area (Å²) in [6.45, 7) is 6.72. The summed E-state index contributed by atoms with van der Waals surface area (Å²) in [5.74, 6) is -0.991. The number of alkyl halides is 3. The Bertz CT molecular complexity index is 1150. The van der Waals surface area contributed by atoms with Crippen LogP contribution in [0.5, 0.6) is 0 Å². The molecule has 1 aromatic carbocycles. The average Bonchev–Trinajstić information content (AvgIpc) is 3.05. The SMILES string of the molecule is BrBr.COC1C(Br)OC(COC(C)=O)C(C)C1N=[N+]=[N-].COC1C(Sc2ccccc2)OC(COC(C)=O)C(C)C1N=[N+]=[N-].ClCCl. The maximum atomic E-state index is 11.1. The van der Waals surface area contributed by atoms with E-state index in [4.69, 9.17) is 62.7 Å². The van der Waals surface area contributed by atoms with Crippen LogP contribution in [0.15, 0.2) is 45.5 Å². The molecule has 0 bridgehead atoms. The van der Waals surface area contributed by atoms with Gasteiger partial charge < -0.3 is 28.4 Å². The Hall–Kier alpha value is -1.01. The van der Waals surface area contributed by atoms with Crippen molar-refractivity contribution in [2.75, 3.05) is 32.8 Å². The summed E-state index contributed by atoms with van der Waals surface area (Å²) in [4.78, 5) is 28.7. The number of nitrogens with zero attached hydrogens (tertiary/aromatic N) is 6. The molecular formula is C27H39Br3Cl2N6O8S. The van der Waals surface area contributed by atoms with Gasteiger partial charge in [-0.05, 0) is 35.0 Å². The Morgan fingerprint density at radius 2 is 1.30 bits per heavy atom. The molecule has 2 aliphatic rings. The first-order chi connectivity index (χ1) is 22.5. The summed E-state index contributed by atoms with van der Waals surface area (Å²) < 4.78 is 32.6. The molecule has 1 aromatic rings. The monoisotopic (exact) mass is 914 g/mol. The van der Waals surface area contributed by atoms with E-state index in [2.05, 4.69) is 64.2 Å². The van der Waals surface area contributed by atoms with Crippen LogP contribution in [-0.2, 0) is 38.0 Å². The van der Waals surface area contributed by atoms with Crippen LogP contribution < -0.4 is 0 Å². The van der Waals surface area contributed by atoms with Crippen LogP contribution >= 0.6 is 79.1 Å². The molecule has 0 aliphatic carbocycles. The molecular weight excluding hydrogens is 879 g/mol. The lowest BCUT2D eigenvalue weighted by Crippen LogP contribution is -2.53. The van der Waals surface area contributed by atoms with Gasteiger partial charge in [0, 0.05) is 71.0 Å². The molecule has 266 valence electrons. The highest BCUT2D eigenvalue weighted by Gasteiger charge is 2.45. The van der Waals surface area contributed by atoms with E-state index in [1.54, 1.807) is 7.11 Å². The molecule has 0 saturated carbocycles. The molecule has 0 amide bonds. The maximum Gasteiger partial charge on any atom is 0.302 e. The Morgan fingerprint density at radius 1 is 0.872 bits per heavy atom. The fourth-order valence-corrected chi connectivity index (χ4v) is 6.56. The van der Waals surface area contributed by atoms with E-state index in [0.717, 1.165) is 4.90 Å². The number of carbonyl (C=O) groups is 2. The number of carbonyl (C=O) groups excluding carboxylic acids is 2. The summed E-state index contributed by atoms with van der Waals surface area (Å²) in [7, 11) is 3.10. The Labute approximate surface area is 312 Å². The van der Waals surface area contributed by atoms with Crippen molar-refractivity contribution in [3.63, 3.8) is 0 Å². The molecule has 0 spiro atoms. The highest BCUT2D eigenvalue weighted by Crippen LogP contribution is 2.38. The molecule has 2 aliphatic heterocycles. The predicted molar refractivity (Wildman–Crippen MR) is 192 cm³/mol. The number of esters is 2. The fraction of sp³-hybridized carbons (Fsp3) is 0.704. The quantitative estimate of drug-likeness (QED) is 0.0729. The third-order valence-electron chi connectivity index (χ3n) is 6.88. The molecule has 2 fully saturated rings. The van der Waals surface area contributed by atoms with E-state index in [1.165, 1.54) is 32.7 Å². The van der Waals surface area contributed by atoms with E-state index < -0.39 is 17.2 Å². The largest absolute Gasteiger partial charge is 0.463 e. The smallest absolute Gasteiger partial charge is 0.302 e. The molecule has 3 rings (SSSR count). The lowest BCUT2D eigenvalue weighted by molar-refractivity contribution is -0.162. The van der Waals surface area contributed by atoms with Crippen LogP contribution in [0.25, 0.3) is 20.9 Å². The van der Waals surface area contributed by atoms with E-state index in [9.17, 15) is 9.59 Å². The highest BCUT2D eigenvalue weighted by atomic mass is 80.9. The number of rotatable bonds is 10. The Kier molecular flexibility index (Phi) is 26.2. The standard InChI is InChI=1S/C16H21N3O4S.C10H16BrN3O4.CH2Cl2.Br2/c1-10-13(9-22-11(2)20)23-16(15(21-3)14(10)18-19-17)24-12-7-5-4-6-8-12;1-5-7(4-17-6(2)15)18-10(11)9(16-3)8(5)13-14-12;2-1-3;1-2/h4-8,10,13-16H,9H2,1-3H3;5,7-10H,4H2,1-3H3;1H2;. The predicted octanol–water partition coefficient (Wildman–Crippen LogP) is 8.51. The van der Waals surface area contributed by atoms with Crippen molar-refractivity contribution in [1.29, 1.82) is 0 Å². The highest BCUT2D eigenvalue weighted by molar-refractivity contribution is 9.93. The molecule has 47 heavy (non-hydrogen) atoms. The van der Waals surface area contributed by atoms with Crippen molar-refractivity contribution < 1.29 is 38.0 Å². The average molecular weight is 918 g/mol. The van der Waals surface area contributed by atoms with Crippen molar-refractivity contribution in [3.8, 4) is 0 Å². The molecule has 10 unspecified atom stereocenters. The Balaban J connectivity index is 0.000000817. The molecule has 2 heterocycles. The molecule has 10 atom stereocenters. The van der Waals surface area contributed by atoms with E-state index >= 15 is 0 Å². The fourth-order valence-electron chi connectivity index (χ4n) is 4.56. The molecule has 20 heteroatoms. The van der Waals surface area contributed by atoms with Gasteiger partial charge in [0.2, 0.25) is 0 Å². The maximum absolute atomic E-state index is 11.1. The first kappa shape index (κ1) is 46.0. The summed E-state index contributed by atoms with van der Waals surface area (Å²) >= 11 is 19.9. The van der Waals surface area contributed by atoms with E-state index in [1.807, 2.05) is 44.2 Å². The van der Waals surface area contributed by atoms with E-state index in [0.29, 0.717) is 0 Å². The van der Waals surface area contributed by atoms with Crippen molar-refractivity contribution in [3.05, 3.63) is 51.2 Å². The number of thioether (sulfide) groups is 1. The van der Waals surface area contributed by atoms with Gasteiger partial charge in [0.15, 0.2) is 0 Å². The van der Waals surface area contributed by atoms with E-state index in [-0.39, 0.29) is 72.1 Å². The number of ether oxygens (including phenoxy) is 6. The number of benzene rings is 1. The minimum atomic E-state index is -0.408. The van der Waals surface area contributed by atoms with Crippen LogP contribution in [-0.4, -0.2) is 91.7 Å². The van der Waals surface area contributed by atoms with Crippen LogP contribution in [0.3, 0.4) is 0 Å². The van der Waals surface area contributed by atoms with Crippen LogP contribution in [0.1, 0.15) is 27.7 Å². The minimum Gasteiger partial charge on any atom is -0.463 e. The van der Waals surface area contributed by atoms with Crippen LogP contribution in [0, 0.1) is 11.8 Å². The van der Waals surface area contributed by atoms with Crippen LogP contribution in [0.2, 0.25) is 0 Å². The number of halogens is 5. The second kappa shape index (κ2) is 26.8.